The molecule has 0 aliphatic rings. The standard InChI is InChI=1S/C11H35O3Si6/c1-16(13-18(3,4)5)11-20(8,9)14-17(2)10-19(6,7)12-15/h16-17H,10-11,15H2,1-9H3. The topological polar surface area (TPSA) is 27.7 Å². The van der Waals surface area contributed by atoms with Crippen molar-refractivity contribution in [2.24, 2.45) is 0 Å². The summed E-state index contributed by atoms with van der Waals surface area (Å²) in [5.74, 6) is 0. The Bertz CT molecular complexity index is 292. The highest BCUT2D eigenvalue weighted by atomic mass is 28.5. The molecular formula is C11H35O3Si6. The molecule has 0 saturated heterocycles. The van der Waals surface area contributed by atoms with E-state index in [-0.39, 0.29) is 0 Å². The maximum Gasteiger partial charge on any atom is 0.172 e. The lowest BCUT2D eigenvalue weighted by molar-refractivity contribution is 0.551. The van der Waals surface area contributed by atoms with Crippen LogP contribution in [0.4, 0.5) is 0 Å². The highest BCUT2D eigenvalue weighted by Crippen LogP contribution is 2.21. The summed E-state index contributed by atoms with van der Waals surface area (Å²) in [7, 11) is -4.90. The molecule has 0 aliphatic heterocycles. The van der Waals surface area contributed by atoms with Gasteiger partial charge in [0.1, 0.15) is 0 Å². The molecule has 0 aliphatic carbocycles. The van der Waals surface area contributed by atoms with Crippen LogP contribution in [0, 0.1) is 0 Å². The van der Waals surface area contributed by atoms with Crippen molar-refractivity contribution in [3.8, 4) is 0 Å². The molecule has 0 fully saturated rings. The second kappa shape index (κ2) is 8.15. The van der Waals surface area contributed by atoms with E-state index in [0.29, 0.717) is 0 Å². The van der Waals surface area contributed by atoms with Gasteiger partial charge in [-0.1, -0.05) is 0 Å². The van der Waals surface area contributed by atoms with Crippen molar-refractivity contribution in [2.75, 3.05) is 0 Å². The molecule has 1 radical (unpaired) electrons. The number of rotatable bonds is 9. The fourth-order valence-electron chi connectivity index (χ4n) is 2.72. The van der Waals surface area contributed by atoms with Gasteiger partial charge in [0.15, 0.2) is 53.5 Å². The van der Waals surface area contributed by atoms with Crippen LogP contribution in [0.2, 0.25) is 70.3 Å². The highest BCUT2D eigenvalue weighted by Gasteiger charge is 2.33. The van der Waals surface area contributed by atoms with Crippen LogP contribution >= 0.6 is 0 Å². The molecule has 121 valence electrons. The highest BCUT2D eigenvalue weighted by molar-refractivity contribution is 6.91. The fourth-order valence-corrected chi connectivity index (χ4v) is 27.9. The normalized spacial score (nSPS) is 17.1. The molecule has 0 aromatic rings. The average molecular weight is 384 g/mol. The van der Waals surface area contributed by atoms with E-state index in [1.54, 1.807) is 10.5 Å². The van der Waals surface area contributed by atoms with Crippen molar-refractivity contribution in [3.63, 3.8) is 0 Å². The largest absolute Gasteiger partial charge is 0.461 e. The van der Waals surface area contributed by atoms with Crippen LogP contribution in [0.15, 0.2) is 0 Å². The van der Waals surface area contributed by atoms with E-state index in [1.165, 1.54) is 11.3 Å². The van der Waals surface area contributed by atoms with Gasteiger partial charge in [-0.25, -0.2) is 0 Å². The molecule has 9 heteroatoms. The summed E-state index contributed by atoms with van der Waals surface area (Å²) in [5.41, 5.74) is 2.46. The van der Waals surface area contributed by atoms with E-state index in [4.69, 9.17) is 12.3 Å². The van der Waals surface area contributed by atoms with Crippen LogP contribution in [-0.2, 0) is 12.3 Å². The summed E-state index contributed by atoms with van der Waals surface area (Å²) in [6, 6.07) is 0. The van der Waals surface area contributed by atoms with E-state index in [2.05, 4.69) is 58.9 Å². The zero-order chi connectivity index (χ0) is 16.2. The first-order valence-electron chi connectivity index (χ1n) is 7.55. The molecule has 0 aromatic heterocycles. The minimum atomic E-state index is -1.55. The quantitative estimate of drug-likeness (QED) is 0.573. The van der Waals surface area contributed by atoms with Crippen molar-refractivity contribution in [1.29, 1.82) is 0 Å². The molecule has 0 amide bonds. The van der Waals surface area contributed by atoms with Gasteiger partial charge in [0.25, 0.3) is 0 Å². The van der Waals surface area contributed by atoms with Gasteiger partial charge >= 0.3 is 0 Å². The summed E-state index contributed by atoms with van der Waals surface area (Å²) in [5, 5.41) is 0. The molecule has 0 heterocycles. The summed E-state index contributed by atoms with van der Waals surface area (Å²) in [4.78, 5) is 0. The Morgan fingerprint density at radius 2 is 1.15 bits per heavy atom. The van der Waals surface area contributed by atoms with Gasteiger partial charge < -0.3 is 12.3 Å². The van der Waals surface area contributed by atoms with Crippen LogP contribution in [0.5, 0.6) is 0 Å². The predicted octanol–water partition coefficient (Wildman–Crippen LogP) is 2.62. The van der Waals surface area contributed by atoms with Crippen molar-refractivity contribution in [2.45, 2.75) is 70.3 Å². The molecule has 0 bridgehead atoms. The molecular weight excluding hydrogens is 349 g/mol. The molecule has 2 atom stereocenters. The van der Waals surface area contributed by atoms with E-state index in [1.807, 2.05) is 0 Å². The first-order chi connectivity index (χ1) is 8.76. The lowest BCUT2D eigenvalue weighted by Crippen LogP contribution is -2.46. The summed E-state index contributed by atoms with van der Waals surface area (Å²) in [6.45, 7) is 20.9. The van der Waals surface area contributed by atoms with Crippen LogP contribution in [0.25, 0.3) is 0 Å². The van der Waals surface area contributed by atoms with Gasteiger partial charge in [-0.15, -0.1) is 0 Å². The molecule has 0 spiro atoms. The number of hydrogen-bond donors (Lipinski definition) is 0. The van der Waals surface area contributed by atoms with Crippen LogP contribution < -0.4 is 0 Å². The Hall–Kier alpha value is 1.18. The zero-order valence-corrected chi connectivity index (χ0v) is 21.7. The summed E-state index contributed by atoms with van der Waals surface area (Å²) in [6.07, 6.45) is 0. The Morgan fingerprint density at radius 3 is 1.55 bits per heavy atom. The molecule has 0 N–H and O–H groups in total. The number of hydrogen-bond acceptors (Lipinski definition) is 3. The molecule has 0 saturated carbocycles. The minimum absolute atomic E-state index is 1.07. The van der Waals surface area contributed by atoms with Crippen molar-refractivity contribution >= 4 is 53.5 Å². The predicted molar refractivity (Wildman–Crippen MR) is 106 cm³/mol. The molecule has 20 heavy (non-hydrogen) atoms. The Balaban J connectivity index is 4.37. The van der Waals surface area contributed by atoms with Gasteiger partial charge in [0, 0.05) is 0 Å². The lowest BCUT2D eigenvalue weighted by atomic mass is 11.8. The van der Waals surface area contributed by atoms with Crippen LogP contribution in [0.3, 0.4) is 0 Å². The first kappa shape index (κ1) is 21.2. The molecule has 0 aromatic carbocycles. The van der Waals surface area contributed by atoms with Crippen molar-refractivity contribution in [3.05, 3.63) is 0 Å². The Labute approximate surface area is 136 Å². The monoisotopic (exact) mass is 383 g/mol. The smallest absolute Gasteiger partial charge is 0.172 e. The summed E-state index contributed by atoms with van der Waals surface area (Å²) >= 11 is 0. The Morgan fingerprint density at radius 1 is 0.750 bits per heavy atom. The van der Waals surface area contributed by atoms with E-state index >= 15 is 0 Å². The van der Waals surface area contributed by atoms with E-state index in [0.717, 1.165) is 0 Å². The molecule has 3 nitrogen and oxygen atoms in total. The SMILES string of the molecule is C[SiH](C[Si](C)(C)O[SiH](C)C[Si](C)(C)O[SiH2])O[Si](C)(C)C. The average Bonchev–Trinajstić information content (AvgIpc) is 2.10. The Kier molecular flexibility index (Phi) is 8.63. The molecule has 2 unspecified atom stereocenters. The third-order valence-electron chi connectivity index (χ3n) is 3.02. The van der Waals surface area contributed by atoms with E-state index < -0.39 is 43.0 Å². The zero-order valence-electron chi connectivity index (χ0n) is 15.0. The first-order valence-corrected chi connectivity index (χ1v) is 22.7. The third kappa shape index (κ3) is 10.8. The van der Waals surface area contributed by atoms with Gasteiger partial charge in [0.05, 0.1) is 0 Å². The van der Waals surface area contributed by atoms with Crippen molar-refractivity contribution < 1.29 is 12.3 Å². The van der Waals surface area contributed by atoms with E-state index in [9.17, 15) is 0 Å². The fraction of sp³-hybridized carbons (Fsp3) is 1.00. The maximum absolute atomic E-state index is 6.57. The van der Waals surface area contributed by atoms with Gasteiger partial charge in [-0.2, -0.15) is 0 Å². The van der Waals surface area contributed by atoms with Crippen molar-refractivity contribution in [1.82, 2.24) is 0 Å². The molecule has 0 rings (SSSR count). The van der Waals surface area contributed by atoms with Gasteiger partial charge in [-0.3, -0.25) is 0 Å². The van der Waals surface area contributed by atoms with Gasteiger partial charge in [-0.05, 0) is 70.3 Å². The maximum atomic E-state index is 6.57. The lowest BCUT2D eigenvalue weighted by Gasteiger charge is -2.33. The van der Waals surface area contributed by atoms with Gasteiger partial charge in [0.2, 0.25) is 0 Å². The summed E-state index contributed by atoms with van der Waals surface area (Å²) < 4.78 is 18.6. The minimum Gasteiger partial charge on any atom is -0.461 e. The third-order valence-corrected chi connectivity index (χ3v) is 27.2. The van der Waals surface area contributed by atoms with Crippen LogP contribution in [-0.4, -0.2) is 53.5 Å². The second-order valence-corrected chi connectivity index (χ2v) is 28.9. The second-order valence-electron chi connectivity index (χ2n) is 8.04. The van der Waals surface area contributed by atoms with Crippen LogP contribution in [0.1, 0.15) is 0 Å².